The second-order valence-corrected chi connectivity index (χ2v) is 8.31. The van der Waals surface area contributed by atoms with Crippen molar-refractivity contribution in [3.63, 3.8) is 0 Å². The van der Waals surface area contributed by atoms with E-state index in [1.54, 1.807) is 30.5 Å². The van der Waals surface area contributed by atoms with Crippen LogP contribution in [0.4, 0.5) is 14.6 Å². The van der Waals surface area contributed by atoms with Gasteiger partial charge < -0.3 is 14.4 Å². The number of fused-ring (bicyclic) bond motifs is 2. The highest BCUT2D eigenvalue weighted by molar-refractivity contribution is 6.02. The van der Waals surface area contributed by atoms with Crippen molar-refractivity contribution in [3.05, 3.63) is 53.7 Å². The van der Waals surface area contributed by atoms with Crippen molar-refractivity contribution in [2.24, 2.45) is 5.92 Å². The monoisotopic (exact) mass is 460 g/mol. The molecule has 34 heavy (non-hydrogen) atoms. The molecule has 0 aliphatic carbocycles. The Hall–Kier alpha value is -3.83. The molecule has 2 aromatic carbocycles. The zero-order chi connectivity index (χ0) is 23.8. The molecule has 0 amide bonds. The van der Waals surface area contributed by atoms with Crippen LogP contribution in [0.1, 0.15) is 12.5 Å². The minimum Gasteiger partial charge on any atom is -0.467 e. The molecule has 2 aromatic heterocycles. The predicted molar refractivity (Wildman–Crippen MR) is 127 cm³/mol. The quantitative estimate of drug-likeness (QED) is 0.417. The molecule has 1 saturated heterocycles. The highest BCUT2D eigenvalue weighted by Gasteiger charge is 2.24. The van der Waals surface area contributed by atoms with E-state index in [1.165, 1.54) is 13.2 Å². The van der Waals surface area contributed by atoms with Gasteiger partial charge in [-0.1, -0.05) is 37.1 Å². The molecule has 5 rings (SSSR count). The smallest absolute Gasteiger partial charge is 0.318 e. The van der Waals surface area contributed by atoms with Gasteiger partial charge >= 0.3 is 6.01 Å². The Kier molecular flexibility index (Phi) is 5.72. The lowest BCUT2D eigenvalue weighted by Crippen LogP contribution is -2.30. The molecule has 4 aromatic rings. The van der Waals surface area contributed by atoms with Gasteiger partial charge in [-0.05, 0) is 17.4 Å². The zero-order valence-corrected chi connectivity index (χ0v) is 18.8. The first-order valence-corrected chi connectivity index (χ1v) is 10.9. The number of ether oxygens (including phenoxy) is 2. The summed E-state index contributed by atoms with van der Waals surface area (Å²) in [5.74, 6) is 1.99. The number of anilines is 1. The largest absolute Gasteiger partial charge is 0.467 e. The molecule has 1 atom stereocenters. The molecule has 8 heteroatoms. The first-order chi connectivity index (χ1) is 16.5. The number of methoxy groups -OCH3 is 1. The van der Waals surface area contributed by atoms with E-state index >= 15 is 4.39 Å². The van der Waals surface area contributed by atoms with E-state index in [-0.39, 0.29) is 28.7 Å². The average molecular weight is 460 g/mol. The second-order valence-electron chi connectivity index (χ2n) is 8.31. The van der Waals surface area contributed by atoms with Crippen LogP contribution in [0.5, 0.6) is 6.01 Å². The summed E-state index contributed by atoms with van der Waals surface area (Å²) >= 11 is 0. The summed E-state index contributed by atoms with van der Waals surface area (Å²) in [6, 6.07) is 8.19. The van der Waals surface area contributed by atoms with Gasteiger partial charge in [0.1, 0.15) is 22.8 Å². The molecule has 1 unspecified atom stereocenters. The molecule has 1 aliphatic rings. The summed E-state index contributed by atoms with van der Waals surface area (Å²) in [4.78, 5) is 15.3. The second kappa shape index (κ2) is 8.84. The standard InChI is InChI=1S/C26H22F2N4O2/c1-4-17-20(27)9-8-16-6-5-7-18(21(16)17)23-22(28)24-19(12-29-23)25(31-26(30-24)33-3)32-10-11-34-14-15(2)13-32/h1,5-9,12,15H,10-11,13-14H2,2-3H3. The van der Waals surface area contributed by atoms with E-state index in [0.717, 1.165) is 0 Å². The van der Waals surface area contributed by atoms with Gasteiger partial charge in [0.2, 0.25) is 0 Å². The minimum atomic E-state index is -0.654. The summed E-state index contributed by atoms with van der Waals surface area (Å²) in [6.07, 6.45) is 7.15. The SMILES string of the molecule is C#Cc1c(F)ccc2cccc(-c3ncc4c(N5CCOCC(C)C5)nc(OC)nc4c3F)c12. The third kappa shape index (κ3) is 3.68. The molecular formula is C26H22F2N4O2. The van der Waals surface area contributed by atoms with E-state index in [1.807, 2.05) is 4.90 Å². The highest BCUT2D eigenvalue weighted by Crippen LogP contribution is 2.36. The van der Waals surface area contributed by atoms with Gasteiger partial charge in [-0.25, -0.2) is 8.78 Å². The van der Waals surface area contributed by atoms with E-state index in [4.69, 9.17) is 15.9 Å². The Balaban J connectivity index is 1.76. The van der Waals surface area contributed by atoms with E-state index in [9.17, 15) is 4.39 Å². The van der Waals surface area contributed by atoms with Gasteiger partial charge in [0.05, 0.1) is 31.3 Å². The van der Waals surface area contributed by atoms with E-state index in [0.29, 0.717) is 53.8 Å². The van der Waals surface area contributed by atoms with Crippen molar-refractivity contribution >= 4 is 27.5 Å². The summed E-state index contributed by atoms with van der Waals surface area (Å²) < 4.78 is 41.5. The Morgan fingerprint density at radius 1 is 1.21 bits per heavy atom. The number of pyridine rings is 1. The van der Waals surface area contributed by atoms with Gasteiger partial charge in [-0.2, -0.15) is 9.97 Å². The third-order valence-electron chi connectivity index (χ3n) is 5.96. The van der Waals surface area contributed by atoms with Crippen LogP contribution in [-0.4, -0.2) is 48.4 Å². The number of hydrogen-bond donors (Lipinski definition) is 0. The van der Waals surface area contributed by atoms with Crippen LogP contribution in [0.15, 0.2) is 36.5 Å². The summed E-state index contributed by atoms with van der Waals surface area (Å²) in [5.41, 5.74) is 0.550. The van der Waals surface area contributed by atoms with Crippen LogP contribution < -0.4 is 9.64 Å². The van der Waals surface area contributed by atoms with E-state index in [2.05, 4.69) is 27.8 Å². The lowest BCUT2D eigenvalue weighted by atomic mass is 9.96. The topological polar surface area (TPSA) is 60.4 Å². The Bertz CT molecular complexity index is 1450. The molecule has 0 bridgehead atoms. The summed E-state index contributed by atoms with van der Waals surface area (Å²) in [7, 11) is 1.44. The first kappa shape index (κ1) is 22.0. The third-order valence-corrected chi connectivity index (χ3v) is 5.96. The van der Waals surface area contributed by atoms with E-state index < -0.39 is 11.6 Å². The average Bonchev–Trinajstić information content (AvgIpc) is 3.07. The molecule has 1 fully saturated rings. The minimum absolute atomic E-state index is 0.0273. The van der Waals surface area contributed by atoms with Crippen molar-refractivity contribution in [1.82, 2.24) is 15.0 Å². The van der Waals surface area contributed by atoms with Crippen LogP contribution in [0.25, 0.3) is 32.9 Å². The Morgan fingerprint density at radius 2 is 2.06 bits per heavy atom. The number of terminal acetylenes is 1. The van der Waals surface area contributed by atoms with Crippen molar-refractivity contribution in [3.8, 4) is 29.6 Å². The molecule has 3 heterocycles. The fourth-order valence-corrected chi connectivity index (χ4v) is 4.41. The van der Waals surface area contributed by atoms with Crippen LogP contribution in [0, 0.1) is 29.9 Å². The molecule has 1 aliphatic heterocycles. The van der Waals surface area contributed by atoms with Crippen LogP contribution in [-0.2, 0) is 4.74 Å². The predicted octanol–water partition coefficient (Wildman–Crippen LogP) is 4.59. The lowest BCUT2D eigenvalue weighted by molar-refractivity contribution is 0.129. The van der Waals surface area contributed by atoms with Crippen molar-refractivity contribution in [2.75, 3.05) is 38.3 Å². The van der Waals surface area contributed by atoms with Gasteiger partial charge in [-0.3, -0.25) is 4.98 Å². The first-order valence-electron chi connectivity index (χ1n) is 10.9. The number of hydrogen-bond acceptors (Lipinski definition) is 6. The Morgan fingerprint density at radius 3 is 2.85 bits per heavy atom. The maximum absolute atomic E-state index is 16.0. The lowest BCUT2D eigenvalue weighted by Gasteiger charge is -2.24. The summed E-state index contributed by atoms with van der Waals surface area (Å²) in [6.45, 7) is 4.54. The summed E-state index contributed by atoms with van der Waals surface area (Å²) in [5, 5.41) is 1.57. The fraction of sp³-hybridized carbons (Fsp3) is 0.269. The molecule has 172 valence electrons. The van der Waals surface area contributed by atoms with Crippen molar-refractivity contribution in [2.45, 2.75) is 6.92 Å². The fourth-order valence-electron chi connectivity index (χ4n) is 4.41. The van der Waals surface area contributed by atoms with Gasteiger partial charge in [0, 0.05) is 30.2 Å². The van der Waals surface area contributed by atoms with Crippen LogP contribution in [0.2, 0.25) is 0 Å². The number of aromatic nitrogens is 3. The van der Waals surface area contributed by atoms with Crippen molar-refractivity contribution < 1.29 is 18.3 Å². The maximum atomic E-state index is 16.0. The highest BCUT2D eigenvalue weighted by atomic mass is 19.1. The number of rotatable bonds is 3. The molecule has 0 N–H and O–H groups in total. The van der Waals surface area contributed by atoms with Gasteiger partial charge in [0.25, 0.3) is 0 Å². The normalized spacial score (nSPS) is 16.4. The molecule has 0 saturated carbocycles. The molecule has 0 radical (unpaired) electrons. The number of nitrogens with zero attached hydrogens (tertiary/aromatic N) is 4. The van der Waals surface area contributed by atoms with Gasteiger partial charge in [0.15, 0.2) is 5.82 Å². The molecule has 0 spiro atoms. The number of benzene rings is 2. The number of halogens is 2. The zero-order valence-electron chi connectivity index (χ0n) is 18.8. The Labute approximate surface area is 195 Å². The van der Waals surface area contributed by atoms with Gasteiger partial charge in [-0.15, -0.1) is 6.42 Å². The maximum Gasteiger partial charge on any atom is 0.318 e. The van der Waals surface area contributed by atoms with Crippen LogP contribution >= 0.6 is 0 Å². The van der Waals surface area contributed by atoms with Crippen LogP contribution in [0.3, 0.4) is 0 Å². The van der Waals surface area contributed by atoms with Crippen molar-refractivity contribution in [1.29, 1.82) is 0 Å². The molecular weight excluding hydrogens is 438 g/mol. The molecule has 6 nitrogen and oxygen atoms in total.